The maximum Gasteiger partial charge on any atom is 0.120 e. The van der Waals surface area contributed by atoms with E-state index in [2.05, 4.69) is 104 Å². The molecule has 0 N–H and O–H groups in total. The van der Waals surface area contributed by atoms with E-state index in [1.165, 1.54) is 22.2 Å². The fraction of sp³-hybridized carbons (Fsp3) is 0.179. The van der Waals surface area contributed by atoms with Crippen molar-refractivity contribution in [2.45, 2.75) is 40.2 Å². The first-order chi connectivity index (χ1) is 21.0. The summed E-state index contributed by atoms with van der Waals surface area (Å²) in [6.07, 6.45) is 4.19. The van der Waals surface area contributed by atoms with Crippen molar-refractivity contribution in [3.05, 3.63) is 127 Å². The molecule has 1 aliphatic rings. The van der Waals surface area contributed by atoms with Crippen LogP contribution in [-0.2, 0) is 26.7 Å². The molecule has 0 unspecified atom stereocenters. The van der Waals surface area contributed by atoms with Crippen LogP contribution >= 0.6 is 0 Å². The van der Waals surface area contributed by atoms with Gasteiger partial charge < -0.3 is 14.0 Å². The molecule has 5 heteroatoms. The van der Waals surface area contributed by atoms with Crippen LogP contribution in [0, 0.1) is 18.1 Å². The van der Waals surface area contributed by atoms with Gasteiger partial charge in [-0.2, -0.15) is 0 Å². The summed E-state index contributed by atoms with van der Waals surface area (Å²) >= 11 is 0. The van der Waals surface area contributed by atoms with E-state index in [0.29, 0.717) is 11.8 Å². The molecule has 0 saturated carbocycles. The minimum Gasteiger partial charge on any atom is -0.501 e. The molecule has 0 aliphatic carbocycles. The average Bonchev–Trinajstić information content (AvgIpc) is 3.62. The quantitative estimate of drug-likeness (QED) is 0.168. The van der Waals surface area contributed by atoms with Crippen molar-refractivity contribution in [2.24, 2.45) is 5.92 Å². The summed E-state index contributed by atoms with van der Waals surface area (Å²) in [5.41, 5.74) is 11.0. The summed E-state index contributed by atoms with van der Waals surface area (Å²) in [4.78, 5) is 9.37. The molecule has 4 heterocycles. The van der Waals surface area contributed by atoms with Gasteiger partial charge in [0.1, 0.15) is 5.58 Å². The maximum absolute atomic E-state index is 6.07. The molecule has 8 rings (SSSR count). The Bertz CT molecular complexity index is 2120. The van der Waals surface area contributed by atoms with Crippen molar-refractivity contribution in [2.75, 3.05) is 0 Å². The topological polar surface area (TPSA) is 43.9 Å². The van der Waals surface area contributed by atoms with Gasteiger partial charge in [-0.05, 0) is 41.3 Å². The maximum atomic E-state index is 6.07. The van der Waals surface area contributed by atoms with Gasteiger partial charge in [-0.15, -0.1) is 54.1 Å². The Labute approximate surface area is 271 Å². The number of hydrogen-bond donors (Lipinski definition) is 0. The van der Waals surface area contributed by atoms with E-state index >= 15 is 0 Å². The molecule has 0 fully saturated rings. The third-order valence-electron chi connectivity index (χ3n) is 8.19. The Morgan fingerprint density at radius 3 is 2.45 bits per heavy atom. The van der Waals surface area contributed by atoms with Crippen molar-refractivity contribution in [1.29, 1.82) is 0 Å². The summed E-state index contributed by atoms with van der Waals surface area (Å²) in [7, 11) is 0. The van der Waals surface area contributed by atoms with Gasteiger partial charge >= 0.3 is 0 Å². The molecule has 4 aromatic carbocycles. The summed E-state index contributed by atoms with van der Waals surface area (Å²) < 4.78 is 8.37. The molecule has 0 bridgehead atoms. The molecule has 0 amide bonds. The van der Waals surface area contributed by atoms with Gasteiger partial charge in [-0.25, -0.2) is 0 Å². The van der Waals surface area contributed by atoms with E-state index in [0.717, 1.165) is 56.6 Å². The predicted octanol–water partition coefficient (Wildman–Crippen LogP) is 10.1. The molecule has 0 spiro atoms. The van der Waals surface area contributed by atoms with Gasteiger partial charge in [0.2, 0.25) is 0 Å². The predicted molar refractivity (Wildman–Crippen MR) is 177 cm³/mol. The van der Waals surface area contributed by atoms with E-state index in [4.69, 9.17) is 9.40 Å². The number of allylic oxidation sites excluding steroid dienone is 2. The molecule has 3 aromatic heterocycles. The molecular formula is C39H33IrN3O-2. The summed E-state index contributed by atoms with van der Waals surface area (Å²) in [5.74, 6) is 2.01. The molecule has 221 valence electrons. The minimum atomic E-state index is 0. The van der Waals surface area contributed by atoms with Gasteiger partial charge in [0, 0.05) is 43.8 Å². The summed E-state index contributed by atoms with van der Waals surface area (Å²) in [5, 5.41) is 2.24. The Morgan fingerprint density at radius 2 is 1.66 bits per heavy atom. The number of benzene rings is 4. The van der Waals surface area contributed by atoms with Crippen LogP contribution in [0.25, 0.3) is 61.2 Å². The first kappa shape index (κ1) is 29.7. The number of imidazole rings is 1. The smallest absolute Gasteiger partial charge is 0.120 e. The molecule has 4 nitrogen and oxygen atoms in total. The third-order valence-corrected chi connectivity index (χ3v) is 8.19. The normalized spacial score (nSPS) is 12.4. The van der Waals surface area contributed by atoms with Crippen LogP contribution in [0.2, 0.25) is 0 Å². The molecule has 1 radical (unpaired) electrons. The number of rotatable bonds is 4. The van der Waals surface area contributed by atoms with E-state index < -0.39 is 0 Å². The number of para-hydroxylation sites is 2. The number of nitrogens with zero attached hydrogens (tertiary/aromatic N) is 3. The molecule has 1 aliphatic heterocycles. The van der Waals surface area contributed by atoms with Crippen LogP contribution < -0.4 is 0 Å². The summed E-state index contributed by atoms with van der Waals surface area (Å²) in [6.45, 7) is 9.76. The Balaban J connectivity index is 0.000000153. The van der Waals surface area contributed by atoms with Crippen molar-refractivity contribution in [1.82, 2.24) is 14.5 Å². The Hall–Kier alpha value is -4.31. The SMILES string of the molecule is CC(C)C1=CCn2c(-c3[c-]cccc3)nc3cccc1c32.CC(C)c1ccnc(-c2[c-]ccc3c2oc2ccccc23)c1.[Ir]. The van der Waals surface area contributed by atoms with E-state index in [9.17, 15) is 0 Å². The van der Waals surface area contributed by atoms with Gasteiger partial charge in [0.25, 0.3) is 0 Å². The van der Waals surface area contributed by atoms with Gasteiger partial charge in [-0.3, -0.25) is 4.98 Å². The van der Waals surface area contributed by atoms with Crippen LogP contribution in [-0.4, -0.2) is 14.5 Å². The van der Waals surface area contributed by atoms with E-state index in [-0.39, 0.29) is 20.1 Å². The number of pyridine rings is 1. The number of hydrogen-bond acceptors (Lipinski definition) is 3. The first-order valence-electron chi connectivity index (χ1n) is 14.9. The van der Waals surface area contributed by atoms with Crippen LogP contribution in [0.5, 0.6) is 0 Å². The molecule has 0 atom stereocenters. The zero-order valence-electron chi connectivity index (χ0n) is 25.3. The van der Waals surface area contributed by atoms with Crippen molar-refractivity contribution in [3.63, 3.8) is 0 Å². The average molecular weight is 752 g/mol. The molecular weight excluding hydrogens is 719 g/mol. The van der Waals surface area contributed by atoms with E-state index in [1.807, 2.05) is 48.7 Å². The van der Waals surface area contributed by atoms with Crippen molar-refractivity contribution in [3.8, 4) is 22.6 Å². The third kappa shape index (κ3) is 5.32. The van der Waals surface area contributed by atoms with Crippen molar-refractivity contribution >= 4 is 38.5 Å². The van der Waals surface area contributed by atoms with Gasteiger partial charge in [0.05, 0.1) is 22.4 Å². The standard InChI is InChI=1S/C20H16NO.C19H17N2.Ir/c1-13(2)14-10-11-21-18(12-14)17-8-5-7-16-15-6-3-4-9-19(15)22-20(16)17;1-13(2)15-11-12-21-18-16(15)9-6-10-17(18)20-19(21)14-7-4-3-5-8-14;/h3-7,9-13H,1-2H3;3-7,9-11,13H,12H2,1-2H3;/q2*-1;. The second kappa shape index (κ2) is 12.4. The fourth-order valence-corrected chi connectivity index (χ4v) is 6.00. The largest absolute Gasteiger partial charge is 0.501 e. The second-order valence-corrected chi connectivity index (χ2v) is 11.6. The van der Waals surface area contributed by atoms with Crippen LogP contribution in [0.3, 0.4) is 0 Å². The van der Waals surface area contributed by atoms with Gasteiger partial charge in [-0.1, -0.05) is 86.7 Å². The zero-order chi connectivity index (χ0) is 29.5. The first-order valence-corrected chi connectivity index (χ1v) is 14.9. The monoisotopic (exact) mass is 752 g/mol. The summed E-state index contributed by atoms with van der Waals surface area (Å²) in [6, 6.07) is 37.4. The van der Waals surface area contributed by atoms with Gasteiger partial charge in [0.15, 0.2) is 0 Å². The Morgan fingerprint density at radius 1 is 0.818 bits per heavy atom. The second-order valence-electron chi connectivity index (χ2n) is 11.6. The molecule has 7 aromatic rings. The van der Waals surface area contributed by atoms with Crippen LogP contribution in [0.1, 0.15) is 44.7 Å². The van der Waals surface area contributed by atoms with Crippen LogP contribution in [0.15, 0.2) is 108 Å². The number of furan rings is 1. The fourth-order valence-electron chi connectivity index (χ4n) is 6.00. The van der Waals surface area contributed by atoms with Crippen LogP contribution in [0.4, 0.5) is 0 Å². The zero-order valence-corrected chi connectivity index (χ0v) is 27.7. The Kier molecular flexibility index (Phi) is 8.35. The molecule has 0 saturated heterocycles. The number of aromatic nitrogens is 3. The minimum absolute atomic E-state index is 0. The number of fused-ring (bicyclic) bond motifs is 3. The molecule has 44 heavy (non-hydrogen) atoms. The van der Waals surface area contributed by atoms with E-state index in [1.54, 1.807) is 0 Å². The van der Waals surface area contributed by atoms with Crippen molar-refractivity contribution < 1.29 is 24.5 Å².